The Morgan fingerprint density at radius 3 is 2.35 bits per heavy atom. The summed E-state index contributed by atoms with van der Waals surface area (Å²) in [6, 6.07) is 19.7. The lowest BCUT2D eigenvalue weighted by Gasteiger charge is -2.31. The number of carbonyl (C=O) groups excluding carboxylic acids is 1. The van der Waals surface area contributed by atoms with E-state index in [0.29, 0.717) is 0 Å². The summed E-state index contributed by atoms with van der Waals surface area (Å²) >= 11 is 5.06. The fourth-order valence-corrected chi connectivity index (χ4v) is 4.32. The molecule has 0 bridgehead atoms. The smallest absolute Gasteiger partial charge is 0.249 e. The van der Waals surface area contributed by atoms with E-state index in [4.69, 9.17) is 4.99 Å². The maximum absolute atomic E-state index is 12.9. The molecule has 0 aromatic heterocycles. The first-order chi connectivity index (χ1) is 11.3. The quantitative estimate of drug-likeness (QED) is 0.717. The number of benzene rings is 2. The van der Waals surface area contributed by atoms with Crippen LogP contribution in [-0.2, 0) is 4.79 Å². The minimum absolute atomic E-state index is 0.0314. The Kier molecular flexibility index (Phi) is 3.83. The molecule has 0 radical (unpaired) electrons. The number of alkyl halides is 1. The first kappa shape index (κ1) is 14.7. The molecule has 0 spiro atoms. The first-order valence-electron chi connectivity index (χ1n) is 7.29. The molecule has 0 N–H and O–H groups in total. The molecule has 2 aromatic carbocycles. The first-order valence-corrected chi connectivity index (χ1v) is 9.08. The molecule has 5 heteroatoms. The van der Waals surface area contributed by atoms with Crippen molar-refractivity contribution in [1.29, 1.82) is 0 Å². The monoisotopic (exact) mass is 384 g/mol. The largest absolute Gasteiger partial charge is 0.273 e. The number of fused-ring (bicyclic) bond motifs is 1. The number of rotatable bonds is 2. The lowest BCUT2D eigenvalue weighted by Crippen LogP contribution is -2.43. The van der Waals surface area contributed by atoms with E-state index >= 15 is 0 Å². The molecule has 1 amide bonds. The molecule has 2 aromatic rings. The highest BCUT2D eigenvalue weighted by molar-refractivity contribution is 9.10. The van der Waals surface area contributed by atoms with Gasteiger partial charge in [0, 0.05) is 5.41 Å². The van der Waals surface area contributed by atoms with Gasteiger partial charge in [-0.15, -0.1) is 0 Å². The fourth-order valence-electron chi connectivity index (χ4n) is 2.76. The Hall–Kier alpha value is -1.85. The van der Waals surface area contributed by atoms with Gasteiger partial charge in [0.1, 0.15) is 4.83 Å². The van der Waals surface area contributed by atoms with Crippen LogP contribution in [0.1, 0.15) is 17.2 Å². The van der Waals surface area contributed by atoms with Gasteiger partial charge in [-0.25, -0.2) is 0 Å². The highest BCUT2D eigenvalue weighted by atomic mass is 79.9. The van der Waals surface area contributed by atoms with E-state index in [-0.39, 0.29) is 16.8 Å². The van der Waals surface area contributed by atoms with Crippen LogP contribution in [0.3, 0.4) is 0 Å². The number of nitrogens with zero attached hydrogens (tertiary/aromatic N) is 2. The zero-order valence-corrected chi connectivity index (χ0v) is 14.5. The van der Waals surface area contributed by atoms with Gasteiger partial charge in [-0.1, -0.05) is 88.4 Å². The molecule has 0 unspecified atom stereocenters. The van der Waals surface area contributed by atoms with Crippen LogP contribution in [0.4, 0.5) is 0 Å². The second-order valence-electron chi connectivity index (χ2n) is 5.33. The zero-order chi connectivity index (χ0) is 15.8. The van der Waals surface area contributed by atoms with Gasteiger partial charge >= 0.3 is 0 Å². The molecular weight excluding hydrogens is 372 g/mol. The van der Waals surface area contributed by atoms with Gasteiger partial charge in [0.25, 0.3) is 0 Å². The summed E-state index contributed by atoms with van der Waals surface area (Å²) < 4.78 is 0. The minimum Gasteiger partial charge on any atom is -0.273 e. The highest BCUT2D eigenvalue weighted by Crippen LogP contribution is 2.42. The van der Waals surface area contributed by atoms with Crippen molar-refractivity contribution < 1.29 is 4.79 Å². The second kappa shape index (κ2) is 5.98. The number of thioether (sulfide) groups is 1. The van der Waals surface area contributed by atoms with Crippen LogP contribution in [0, 0.1) is 0 Å². The molecule has 0 saturated carbocycles. The van der Waals surface area contributed by atoms with Crippen molar-refractivity contribution in [3.63, 3.8) is 0 Å². The summed E-state index contributed by atoms with van der Waals surface area (Å²) in [6.45, 7) is 0. The Morgan fingerprint density at radius 2 is 1.65 bits per heavy atom. The lowest BCUT2D eigenvalue weighted by atomic mass is 10.0. The predicted octanol–water partition coefficient (Wildman–Crippen LogP) is 4.43. The summed E-state index contributed by atoms with van der Waals surface area (Å²) in [7, 11) is 0. The summed E-state index contributed by atoms with van der Waals surface area (Å²) in [5.41, 5.74) is 2.97. The molecule has 0 saturated heterocycles. The van der Waals surface area contributed by atoms with Gasteiger partial charge in [-0.05, 0) is 11.1 Å². The van der Waals surface area contributed by atoms with E-state index in [0.717, 1.165) is 22.0 Å². The molecule has 2 aliphatic rings. The van der Waals surface area contributed by atoms with Crippen molar-refractivity contribution in [3.8, 4) is 0 Å². The van der Waals surface area contributed by atoms with Crippen molar-refractivity contribution in [2.24, 2.45) is 4.99 Å². The Labute approximate surface area is 147 Å². The fraction of sp³-hybridized carbons (Fsp3) is 0.111. The average Bonchev–Trinajstić information content (AvgIpc) is 3.04. The highest BCUT2D eigenvalue weighted by Gasteiger charge is 2.41. The standard InChI is InChI=1S/C18H13BrN2OS/c19-15-16(13-9-5-2-6-10-13)20-18-21(17(15)22)14(11-23-18)12-7-3-1-4-8-12/h1-11,15-16H/t15-,16+/m1/s1. The van der Waals surface area contributed by atoms with E-state index in [1.54, 1.807) is 4.90 Å². The molecule has 3 nitrogen and oxygen atoms in total. The summed E-state index contributed by atoms with van der Waals surface area (Å²) in [5.74, 6) is 0.0314. The average molecular weight is 385 g/mol. The number of amides is 1. The van der Waals surface area contributed by atoms with E-state index in [9.17, 15) is 4.79 Å². The molecule has 23 heavy (non-hydrogen) atoms. The van der Waals surface area contributed by atoms with E-state index in [2.05, 4.69) is 15.9 Å². The third-order valence-corrected chi connectivity index (χ3v) is 5.63. The molecule has 0 aliphatic carbocycles. The predicted molar refractivity (Wildman–Crippen MR) is 98.2 cm³/mol. The summed E-state index contributed by atoms with van der Waals surface area (Å²) in [5, 5.41) is 2.75. The van der Waals surface area contributed by atoms with Crippen LogP contribution in [0.5, 0.6) is 0 Å². The van der Waals surface area contributed by atoms with Crippen LogP contribution < -0.4 is 0 Å². The lowest BCUT2D eigenvalue weighted by molar-refractivity contribution is -0.125. The van der Waals surface area contributed by atoms with Crippen molar-refractivity contribution in [3.05, 3.63) is 77.2 Å². The van der Waals surface area contributed by atoms with Crippen LogP contribution in [0.15, 0.2) is 71.1 Å². The SMILES string of the molecule is O=C1[C@H](Br)[C@H](c2ccccc2)N=C2SC=C(c3ccccc3)N12. The topological polar surface area (TPSA) is 32.7 Å². The van der Waals surface area contributed by atoms with Crippen LogP contribution in [0.2, 0.25) is 0 Å². The van der Waals surface area contributed by atoms with Gasteiger partial charge in [0.05, 0.1) is 11.7 Å². The third-order valence-electron chi connectivity index (χ3n) is 3.90. The van der Waals surface area contributed by atoms with Gasteiger partial charge in [0.2, 0.25) is 5.91 Å². The third kappa shape index (κ3) is 2.54. The van der Waals surface area contributed by atoms with Crippen LogP contribution >= 0.6 is 27.7 Å². The Bertz CT molecular complexity index is 804. The van der Waals surface area contributed by atoms with E-state index in [1.165, 1.54) is 11.8 Å². The van der Waals surface area contributed by atoms with Gasteiger partial charge < -0.3 is 0 Å². The number of hydrogen-bond donors (Lipinski definition) is 0. The molecule has 0 fully saturated rings. The number of amidine groups is 1. The number of carbonyl (C=O) groups is 1. The van der Waals surface area contributed by atoms with Crippen molar-refractivity contribution in [1.82, 2.24) is 4.90 Å². The van der Waals surface area contributed by atoms with Crippen molar-refractivity contribution in [2.45, 2.75) is 10.9 Å². The molecule has 4 rings (SSSR count). The number of hydrogen-bond acceptors (Lipinski definition) is 3. The Balaban J connectivity index is 1.73. The molecule has 2 heterocycles. The van der Waals surface area contributed by atoms with Gasteiger partial charge in [0.15, 0.2) is 5.17 Å². The number of halogens is 1. The van der Waals surface area contributed by atoms with Crippen molar-refractivity contribution >= 4 is 44.5 Å². The summed E-state index contributed by atoms with van der Waals surface area (Å²) in [6.07, 6.45) is 0. The molecule has 2 atom stereocenters. The van der Waals surface area contributed by atoms with Crippen LogP contribution in [-0.4, -0.2) is 20.8 Å². The number of aliphatic imine (C=N–C) groups is 1. The van der Waals surface area contributed by atoms with Crippen molar-refractivity contribution in [2.75, 3.05) is 0 Å². The molecule has 2 aliphatic heterocycles. The van der Waals surface area contributed by atoms with E-state index < -0.39 is 0 Å². The maximum Gasteiger partial charge on any atom is 0.249 e. The van der Waals surface area contributed by atoms with E-state index in [1.807, 2.05) is 66.1 Å². The maximum atomic E-state index is 12.9. The second-order valence-corrected chi connectivity index (χ2v) is 7.15. The zero-order valence-electron chi connectivity index (χ0n) is 12.1. The van der Waals surface area contributed by atoms with Crippen LogP contribution in [0.25, 0.3) is 5.70 Å². The van der Waals surface area contributed by atoms with Gasteiger partial charge in [-0.3, -0.25) is 14.7 Å². The Morgan fingerprint density at radius 1 is 1.00 bits per heavy atom. The normalized spacial score (nSPS) is 23.3. The minimum atomic E-state index is -0.362. The molecular formula is C18H13BrN2OS. The molecule has 114 valence electrons. The van der Waals surface area contributed by atoms with Gasteiger partial charge in [-0.2, -0.15) is 0 Å². The summed E-state index contributed by atoms with van der Waals surface area (Å²) in [4.78, 5) is 19.1.